The van der Waals surface area contributed by atoms with E-state index < -0.39 is 0 Å². The summed E-state index contributed by atoms with van der Waals surface area (Å²) in [6.45, 7) is 2.11. The minimum absolute atomic E-state index is 0.214. The monoisotopic (exact) mass is 259 g/mol. The van der Waals surface area contributed by atoms with Crippen LogP contribution in [0.3, 0.4) is 0 Å². The SMILES string of the molecule is C[C@H](NC(=O)Oc1ccccc1)[C@H]1C[C@H]2CC[C@H]1C2. The summed E-state index contributed by atoms with van der Waals surface area (Å²) in [7, 11) is 0. The van der Waals surface area contributed by atoms with Crippen LogP contribution >= 0.6 is 0 Å². The normalized spacial score (nSPS) is 30.1. The van der Waals surface area contributed by atoms with Crippen molar-refractivity contribution in [3.8, 4) is 5.75 Å². The van der Waals surface area contributed by atoms with Crippen LogP contribution in [0.2, 0.25) is 0 Å². The highest BCUT2D eigenvalue weighted by atomic mass is 16.6. The van der Waals surface area contributed by atoms with Crippen molar-refractivity contribution in [3.05, 3.63) is 30.3 Å². The fourth-order valence-electron chi connectivity index (χ4n) is 3.82. The van der Waals surface area contributed by atoms with Crippen molar-refractivity contribution in [2.24, 2.45) is 17.8 Å². The Morgan fingerprint density at radius 2 is 2.05 bits per heavy atom. The van der Waals surface area contributed by atoms with E-state index in [9.17, 15) is 4.79 Å². The first-order valence-corrected chi connectivity index (χ1v) is 7.26. The Hall–Kier alpha value is -1.51. The number of para-hydroxylation sites is 1. The van der Waals surface area contributed by atoms with Crippen LogP contribution in [0.25, 0.3) is 0 Å². The molecular formula is C16H21NO2. The maximum absolute atomic E-state index is 11.9. The summed E-state index contributed by atoms with van der Waals surface area (Å²) in [6, 6.07) is 9.43. The molecule has 2 aliphatic rings. The Morgan fingerprint density at radius 3 is 2.68 bits per heavy atom. The van der Waals surface area contributed by atoms with Crippen molar-refractivity contribution in [2.45, 2.75) is 38.6 Å². The summed E-state index contributed by atoms with van der Waals surface area (Å²) < 4.78 is 5.27. The Bertz CT molecular complexity index is 445. The average molecular weight is 259 g/mol. The Balaban J connectivity index is 1.52. The van der Waals surface area contributed by atoms with Crippen LogP contribution in [0.5, 0.6) is 5.75 Å². The molecule has 0 unspecified atom stereocenters. The van der Waals surface area contributed by atoms with Crippen molar-refractivity contribution in [3.63, 3.8) is 0 Å². The topological polar surface area (TPSA) is 38.3 Å². The second kappa shape index (κ2) is 5.24. The molecule has 1 amide bonds. The minimum Gasteiger partial charge on any atom is -0.410 e. The van der Waals surface area contributed by atoms with Crippen LogP contribution in [-0.4, -0.2) is 12.1 Å². The Kier molecular flexibility index (Phi) is 3.45. The van der Waals surface area contributed by atoms with E-state index in [1.165, 1.54) is 25.7 Å². The lowest BCUT2D eigenvalue weighted by molar-refractivity contribution is 0.184. The maximum atomic E-state index is 11.9. The second-order valence-corrected chi connectivity index (χ2v) is 5.97. The zero-order valence-electron chi connectivity index (χ0n) is 11.3. The third-order valence-corrected chi connectivity index (χ3v) is 4.73. The number of nitrogens with one attached hydrogen (secondary N) is 1. The van der Waals surface area contributed by atoms with E-state index in [1.54, 1.807) is 12.1 Å². The van der Waals surface area contributed by atoms with E-state index in [4.69, 9.17) is 4.74 Å². The summed E-state index contributed by atoms with van der Waals surface area (Å²) >= 11 is 0. The van der Waals surface area contributed by atoms with Gasteiger partial charge in [0, 0.05) is 6.04 Å². The highest BCUT2D eigenvalue weighted by Gasteiger charge is 2.42. The lowest BCUT2D eigenvalue weighted by Gasteiger charge is -2.28. The van der Waals surface area contributed by atoms with Gasteiger partial charge in [0.1, 0.15) is 5.75 Å². The third-order valence-electron chi connectivity index (χ3n) is 4.73. The van der Waals surface area contributed by atoms with Gasteiger partial charge in [-0.2, -0.15) is 0 Å². The summed E-state index contributed by atoms with van der Waals surface area (Å²) in [5, 5.41) is 2.99. The molecule has 2 fully saturated rings. The lowest BCUT2D eigenvalue weighted by atomic mass is 9.84. The highest BCUT2D eigenvalue weighted by Crippen LogP contribution is 2.49. The highest BCUT2D eigenvalue weighted by molar-refractivity contribution is 5.70. The van der Waals surface area contributed by atoms with Gasteiger partial charge in [0.2, 0.25) is 0 Å². The molecular weight excluding hydrogens is 238 g/mol. The van der Waals surface area contributed by atoms with Crippen LogP contribution in [0.4, 0.5) is 4.79 Å². The van der Waals surface area contributed by atoms with Crippen molar-refractivity contribution >= 4 is 6.09 Å². The average Bonchev–Trinajstić information content (AvgIpc) is 3.02. The van der Waals surface area contributed by atoms with Gasteiger partial charge in [0.15, 0.2) is 0 Å². The van der Waals surface area contributed by atoms with Gasteiger partial charge in [-0.15, -0.1) is 0 Å². The van der Waals surface area contributed by atoms with E-state index in [0.29, 0.717) is 11.7 Å². The summed E-state index contributed by atoms with van der Waals surface area (Å²) in [6.07, 6.45) is 5.04. The van der Waals surface area contributed by atoms with E-state index in [0.717, 1.165) is 11.8 Å². The second-order valence-electron chi connectivity index (χ2n) is 5.97. The van der Waals surface area contributed by atoms with Gasteiger partial charge < -0.3 is 10.1 Å². The number of carbonyl (C=O) groups is 1. The molecule has 1 N–H and O–H groups in total. The molecule has 1 aromatic carbocycles. The van der Waals surface area contributed by atoms with Gasteiger partial charge in [0.25, 0.3) is 0 Å². The van der Waals surface area contributed by atoms with E-state index in [1.807, 2.05) is 18.2 Å². The summed E-state index contributed by atoms with van der Waals surface area (Å²) in [4.78, 5) is 11.9. The van der Waals surface area contributed by atoms with Gasteiger partial charge in [0.05, 0.1) is 0 Å². The number of amides is 1. The van der Waals surface area contributed by atoms with E-state index in [-0.39, 0.29) is 12.1 Å². The molecule has 3 heteroatoms. The molecule has 2 saturated carbocycles. The fourth-order valence-corrected chi connectivity index (χ4v) is 3.82. The van der Waals surface area contributed by atoms with Crippen molar-refractivity contribution in [1.29, 1.82) is 0 Å². The third kappa shape index (κ3) is 2.75. The molecule has 2 bridgehead atoms. The molecule has 19 heavy (non-hydrogen) atoms. The quantitative estimate of drug-likeness (QED) is 0.900. The van der Waals surface area contributed by atoms with Gasteiger partial charge >= 0.3 is 6.09 Å². The number of hydrogen-bond donors (Lipinski definition) is 1. The molecule has 0 radical (unpaired) electrons. The molecule has 0 aliphatic heterocycles. The molecule has 4 atom stereocenters. The van der Waals surface area contributed by atoms with Crippen molar-refractivity contribution in [1.82, 2.24) is 5.32 Å². The molecule has 102 valence electrons. The predicted octanol–water partition coefficient (Wildman–Crippen LogP) is 3.60. The van der Waals surface area contributed by atoms with Gasteiger partial charge in [-0.1, -0.05) is 24.6 Å². The predicted molar refractivity (Wildman–Crippen MR) is 74.0 cm³/mol. The van der Waals surface area contributed by atoms with Crippen LogP contribution in [0, 0.1) is 17.8 Å². The standard InChI is InChI=1S/C16H21NO2/c1-11(15-10-12-7-8-13(15)9-12)17-16(18)19-14-5-3-2-4-6-14/h2-6,11-13,15H,7-10H2,1H3,(H,17,18)/t11-,12-,13-,15+/m0/s1. The van der Waals surface area contributed by atoms with E-state index >= 15 is 0 Å². The number of fused-ring (bicyclic) bond motifs is 2. The molecule has 0 aromatic heterocycles. The summed E-state index contributed by atoms with van der Waals surface area (Å²) in [5.41, 5.74) is 0. The minimum atomic E-state index is -0.332. The number of benzene rings is 1. The van der Waals surface area contributed by atoms with Crippen LogP contribution in [-0.2, 0) is 0 Å². The number of ether oxygens (including phenoxy) is 1. The first kappa shape index (κ1) is 12.5. The maximum Gasteiger partial charge on any atom is 0.412 e. The fraction of sp³-hybridized carbons (Fsp3) is 0.562. The largest absolute Gasteiger partial charge is 0.412 e. The number of rotatable bonds is 3. The zero-order chi connectivity index (χ0) is 13.2. The van der Waals surface area contributed by atoms with E-state index in [2.05, 4.69) is 12.2 Å². The smallest absolute Gasteiger partial charge is 0.410 e. The Labute approximate surface area is 114 Å². The van der Waals surface area contributed by atoms with Crippen LogP contribution in [0.1, 0.15) is 32.6 Å². The van der Waals surface area contributed by atoms with Gasteiger partial charge in [-0.3, -0.25) is 0 Å². The zero-order valence-corrected chi connectivity index (χ0v) is 11.3. The molecule has 0 heterocycles. The van der Waals surface area contributed by atoms with Gasteiger partial charge in [-0.05, 0) is 56.1 Å². The summed E-state index contributed by atoms with van der Waals surface area (Å²) in [5.74, 6) is 2.96. The molecule has 0 spiro atoms. The molecule has 2 aliphatic carbocycles. The number of hydrogen-bond acceptors (Lipinski definition) is 2. The molecule has 3 rings (SSSR count). The van der Waals surface area contributed by atoms with Crippen LogP contribution in [0.15, 0.2) is 30.3 Å². The van der Waals surface area contributed by atoms with Crippen LogP contribution < -0.4 is 10.1 Å². The van der Waals surface area contributed by atoms with Crippen molar-refractivity contribution < 1.29 is 9.53 Å². The molecule has 0 saturated heterocycles. The van der Waals surface area contributed by atoms with Gasteiger partial charge in [-0.25, -0.2) is 4.79 Å². The first-order valence-electron chi connectivity index (χ1n) is 7.26. The molecule has 3 nitrogen and oxygen atoms in total. The lowest BCUT2D eigenvalue weighted by Crippen LogP contribution is -2.41. The molecule has 1 aromatic rings. The first-order chi connectivity index (χ1) is 9.22. The van der Waals surface area contributed by atoms with Crippen molar-refractivity contribution in [2.75, 3.05) is 0 Å². The Morgan fingerprint density at radius 1 is 1.26 bits per heavy atom. The number of carbonyl (C=O) groups excluding carboxylic acids is 1.